The van der Waals surface area contributed by atoms with Crippen LogP contribution in [0.3, 0.4) is 0 Å². The first kappa shape index (κ1) is 17.0. The van der Waals surface area contributed by atoms with Crippen molar-refractivity contribution in [2.75, 3.05) is 6.54 Å². The van der Waals surface area contributed by atoms with E-state index in [-0.39, 0.29) is 17.2 Å². The van der Waals surface area contributed by atoms with Crippen LogP contribution in [-0.4, -0.2) is 17.6 Å². The quantitative estimate of drug-likeness (QED) is 0.488. The van der Waals surface area contributed by atoms with Crippen LogP contribution < -0.4 is 5.32 Å². The predicted molar refractivity (Wildman–Crippen MR) is 94.0 cm³/mol. The van der Waals surface area contributed by atoms with E-state index in [4.69, 9.17) is 5.26 Å². The Bertz CT molecular complexity index is 770. The third kappa shape index (κ3) is 5.47. The fraction of sp³-hybridized carbons (Fsp3) is 0.100. The van der Waals surface area contributed by atoms with Gasteiger partial charge in [0.1, 0.15) is 17.4 Å². The minimum absolute atomic E-state index is 0.0538. The number of aromatic hydroxyl groups is 1. The van der Waals surface area contributed by atoms with Crippen LogP contribution in [0.15, 0.2) is 72.3 Å². The Kier molecular flexibility index (Phi) is 6.36. The Morgan fingerprint density at radius 3 is 2.50 bits per heavy atom. The monoisotopic (exact) mass is 318 g/mol. The molecule has 2 aromatic rings. The third-order valence-corrected chi connectivity index (χ3v) is 3.35. The molecule has 0 radical (unpaired) electrons. The van der Waals surface area contributed by atoms with Crippen LogP contribution in [0.2, 0.25) is 0 Å². The fourth-order valence-electron chi connectivity index (χ4n) is 2.06. The van der Waals surface area contributed by atoms with Crippen LogP contribution >= 0.6 is 0 Å². The zero-order chi connectivity index (χ0) is 17.2. The maximum Gasteiger partial charge on any atom is 0.261 e. The number of benzene rings is 2. The van der Waals surface area contributed by atoms with Gasteiger partial charge in [-0.25, -0.2) is 0 Å². The normalized spacial score (nSPS) is 11.2. The molecule has 4 nitrogen and oxygen atoms in total. The molecule has 0 aromatic heterocycles. The Morgan fingerprint density at radius 2 is 1.83 bits per heavy atom. The molecule has 0 heterocycles. The summed E-state index contributed by atoms with van der Waals surface area (Å²) in [6.07, 6.45) is 5.59. The van der Waals surface area contributed by atoms with E-state index >= 15 is 0 Å². The molecule has 0 atom stereocenters. The number of amides is 1. The second-order valence-corrected chi connectivity index (χ2v) is 5.13. The van der Waals surface area contributed by atoms with Crippen LogP contribution in [0.1, 0.15) is 11.1 Å². The number of carbonyl (C=O) groups excluding carboxylic acids is 1. The maximum atomic E-state index is 12.0. The van der Waals surface area contributed by atoms with Crippen molar-refractivity contribution in [2.45, 2.75) is 6.42 Å². The highest BCUT2D eigenvalue weighted by molar-refractivity contribution is 5.97. The molecule has 0 fully saturated rings. The topological polar surface area (TPSA) is 73.1 Å². The summed E-state index contributed by atoms with van der Waals surface area (Å²) in [7, 11) is 0. The van der Waals surface area contributed by atoms with Gasteiger partial charge in [-0.1, -0.05) is 54.6 Å². The number of nitrogens with zero attached hydrogens (tertiary/aromatic N) is 1. The molecular weight excluding hydrogens is 300 g/mol. The van der Waals surface area contributed by atoms with Crippen LogP contribution in [0, 0.1) is 11.3 Å². The highest BCUT2D eigenvalue weighted by Crippen LogP contribution is 2.11. The zero-order valence-corrected chi connectivity index (χ0v) is 13.1. The highest BCUT2D eigenvalue weighted by atomic mass is 16.3. The summed E-state index contributed by atoms with van der Waals surface area (Å²) in [6.45, 7) is 0.476. The maximum absolute atomic E-state index is 12.0. The van der Waals surface area contributed by atoms with Crippen molar-refractivity contribution < 1.29 is 9.90 Å². The summed E-state index contributed by atoms with van der Waals surface area (Å²) in [5.74, 6) is -0.193. The summed E-state index contributed by atoms with van der Waals surface area (Å²) in [6, 6.07) is 18.4. The Balaban J connectivity index is 1.88. The standard InChI is InChI=1S/C20H18N2O2/c21-15-18(8-4-7-17-9-11-19(23)12-10-17)20(24)22-14-13-16-5-2-1-3-6-16/h1-12,23H,13-14H2,(H,22,24)/b7-4+,18-8+. The zero-order valence-electron chi connectivity index (χ0n) is 13.1. The van der Waals surface area contributed by atoms with E-state index in [0.29, 0.717) is 13.0 Å². The molecule has 1 amide bonds. The van der Waals surface area contributed by atoms with Crippen molar-refractivity contribution >= 4 is 12.0 Å². The first-order chi connectivity index (χ1) is 11.7. The lowest BCUT2D eigenvalue weighted by Crippen LogP contribution is -2.26. The van der Waals surface area contributed by atoms with Gasteiger partial charge in [0.15, 0.2) is 0 Å². The molecule has 0 aliphatic carbocycles. The second kappa shape index (κ2) is 8.96. The number of phenols is 1. The van der Waals surface area contributed by atoms with Gasteiger partial charge in [-0.15, -0.1) is 0 Å². The van der Waals surface area contributed by atoms with Gasteiger partial charge in [0.05, 0.1) is 0 Å². The number of nitriles is 1. The van der Waals surface area contributed by atoms with Crippen molar-refractivity contribution in [3.8, 4) is 11.8 Å². The largest absolute Gasteiger partial charge is 0.508 e. The van der Waals surface area contributed by atoms with E-state index in [0.717, 1.165) is 11.1 Å². The van der Waals surface area contributed by atoms with E-state index in [1.54, 1.807) is 36.4 Å². The molecule has 24 heavy (non-hydrogen) atoms. The molecule has 0 saturated heterocycles. The first-order valence-electron chi connectivity index (χ1n) is 7.58. The number of hydrogen-bond donors (Lipinski definition) is 2. The van der Waals surface area contributed by atoms with E-state index in [1.165, 1.54) is 6.08 Å². The Hall–Kier alpha value is -3.32. The van der Waals surface area contributed by atoms with Crippen molar-refractivity contribution in [1.29, 1.82) is 5.26 Å². The molecule has 0 bridgehead atoms. The van der Waals surface area contributed by atoms with Crippen molar-refractivity contribution in [3.63, 3.8) is 0 Å². The Labute approximate surface area is 141 Å². The second-order valence-electron chi connectivity index (χ2n) is 5.13. The number of phenolic OH excluding ortho intramolecular Hbond substituents is 1. The van der Waals surface area contributed by atoms with Gasteiger partial charge >= 0.3 is 0 Å². The molecule has 0 aliphatic rings. The summed E-state index contributed by atoms with van der Waals surface area (Å²) in [4.78, 5) is 12.0. The number of allylic oxidation sites excluding steroid dienone is 2. The minimum Gasteiger partial charge on any atom is -0.508 e. The van der Waals surface area contributed by atoms with E-state index < -0.39 is 0 Å². The highest BCUT2D eigenvalue weighted by Gasteiger charge is 2.06. The van der Waals surface area contributed by atoms with Gasteiger partial charge in [-0.3, -0.25) is 4.79 Å². The molecule has 0 unspecified atom stereocenters. The van der Waals surface area contributed by atoms with Crippen LogP contribution in [0.25, 0.3) is 6.08 Å². The molecule has 0 spiro atoms. The average molecular weight is 318 g/mol. The number of carbonyl (C=O) groups is 1. The Morgan fingerprint density at radius 1 is 1.12 bits per heavy atom. The van der Waals surface area contributed by atoms with Gasteiger partial charge in [0.2, 0.25) is 0 Å². The fourth-order valence-corrected chi connectivity index (χ4v) is 2.06. The molecule has 0 saturated carbocycles. The van der Waals surface area contributed by atoms with Gasteiger partial charge in [-0.05, 0) is 35.8 Å². The van der Waals surface area contributed by atoms with Crippen LogP contribution in [0.5, 0.6) is 5.75 Å². The van der Waals surface area contributed by atoms with Gasteiger partial charge in [-0.2, -0.15) is 5.26 Å². The van der Waals surface area contributed by atoms with E-state index in [1.807, 2.05) is 36.4 Å². The number of nitrogens with one attached hydrogen (secondary N) is 1. The summed E-state index contributed by atoms with van der Waals surface area (Å²) < 4.78 is 0. The minimum atomic E-state index is -0.385. The molecule has 2 aromatic carbocycles. The summed E-state index contributed by atoms with van der Waals surface area (Å²) in [5, 5.41) is 21.1. The van der Waals surface area contributed by atoms with Crippen LogP contribution in [0.4, 0.5) is 0 Å². The van der Waals surface area contributed by atoms with Crippen molar-refractivity contribution in [2.24, 2.45) is 0 Å². The molecule has 120 valence electrons. The van der Waals surface area contributed by atoms with Gasteiger partial charge in [0.25, 0.3) is 5.91 Å². The average Bonchev–Trinajstić information content (AvgIpc) is 2.61. The molecular formula is C20H18N2O2. The van der Waals surface area contributed by atoms with Gasteiger partial charge < -0.3 is 10.4 Å². The SMILES string of the molecule is N#C/C(=C\C=C\c1ccc(O)cc1)C(=O)NCCc1ccccc1. The lowest BCUT2D eigenvalue weighted by molar-refractivity contribution is -0.117. The van der Waals surface area contributed by atoms with E-state index in [2.05, 4.69) is 5.32 Å². The third-order valence-electron chi connectivity index (χ3n) is 3.35. The summed E-state index contributed by atoms with van der Waals surface area (Å²) in [5.41, 5.74) is 2.05. The number of rotatable bonds is 6. The van der Waals surface area contributed by atoms with E-state index in [9.17, 15) is 9.90 Å². The first-order valence-corrected chi connectivity index (χ1v) is 7.58. The molecule has 4 heteroatoms. The number of hydrogen-bond acceptors (Lipinski definition) is 3. The smallest absolute Gasteiger partial charge is 0.261 e. The van der Waals surface area contributed by atoms with Crippen molar-refractivity contribution in [3.05, 3.63) is 83.4 Å². The molecule has 2 N–H and O–H groups in total. The summed E-state index contributed by atoms with van der Waals surface area (Å²) >= 11 is 0. The lowest BCUT2D eigenvalue weighted by atomic mass is 10.1. The molecule has 0 aliphatic heterocycles. The van der Waals surface area contributed by atoms with Crippen molar-refractivity contribution in [1.82, 2.24) is 5.32 Å². The van der Waals surface area contributed by atoms with Crippen LogP contribution in [-0.2, 0) is 11.2 Å². The lowest BCUT2D eigenvalue weighted by Gasteiger charge is -2.04. The molecule has 2 rings (SSSR count). The van der Waals surface area contributed by atoms with Gasteiger partial charge in [0, 0.05) is 6.54 Å². The predicted octanol–water partition coefficient (Wildman–Crippen LogP) is 3.21.